The van der Waals surface area contributed by atoms with Gasteiger partial charge in [-0.25, -0.2) is 0 Å². The largest absolute Gasteiger partial charge is 0.325 e. The van der Waals surface area contributed by atoms with Crippen LogP contribution < -0.4 is 10.6 Å². The SMILES string of the molecule is CCN(CC)CC(=O)Nc1ccc(NC(=O)c2cccc([N+](=O)[O-])c2)cc1C. The maximum Gasteiger partial charge on any atom is 0.270 e. The van der Waals surface area contributed by atoms with Crippen LogP contribution in [0.2, 0.25) is 0 Å². The van der Waals surface area contributed by atoms with Crippen LogP contribution >= 0.6 is 0 Å². The maximum atomic E-state index is 12.3. The fourth-order valence-corrected chi connectivity index (χ4v) is 2.69. The lowest BCUT2D eigenvalue weighted by molar-refractivity contribution is -0.384. The van der Waals surface area contributed by atoms with Gasteiger partial charge in [-0.2, -0.15) is 0 Å². The van der Waals surface area contributed by atoms with Gasteiger partial charge in [0.25, 0.3) is 11.6 Å². The van der Waals surface area contributed by atoms with Crippen molar-refractivity contribution >= 4 is 28.9 Å². The van der Waals surface area contributed by atoms with Crippen molar-refractivity contribution in [2.45, 2.75) is 20.8 Å². The van der Waals surface area contributed by atoms with Gasteiger partial charge in [0.1, 0.15) is 0 Å². The van der Waals surface area contributed by atoms with E-state index in [1.165, 1.54) is 24.3 Å². The number of anilines is 2. The zero-order chi connectivity index (χ0) is 20.7. The molecule has 2 rings (SSSR count). The minimum atomic E-state index is -0.545. The monoisotopic (exact) mass is 384 g/mol. The molecule has 0 heterocycles. The first-order valence-corrected chi connectivity index (χ1v) is 9.02. The predicted octanol–water partition coefficient (Wildman–Crippen LogP) is 3.44. The molecule has 8 nitrogen and oxygen atoms in total. The van der Waals surface area contributed by atoms with E-state index in [0.717, 1.165) is 18.7 Å². The van der Waals surface area contributed by atoms with Gasteiger partial charge < -0.3 is 10.6 Å². The summed E-state index contributed by atoms with van der Waals surface area (Å²) < 4.78 is 0. The molecule has 148 valence electrons. The molecule has 2 N–H and O–H groups in total. The second kappa shape index (κ2) is 9.61. The number of nitro groups is 1. The standard InChI is InChI=1S/C20H24N4O4/c1-4-23(5-2)13-19(25)22-18-10-9-16(11-14(18)3)21-20(26)15-7-6-8-17(12-15)24(27)28/h6-12H,4-5,13H2,1-3H3,(H,21,26)(H,22,25). The summed E-state index contributed by atoms with van der Waals surface area (Å²) in [5.41, 5.74) is 2.06. The highest BCUT2D eigenvalue weighted by Gasteiger charge is 2.13. The minimum Gasteiger partial charge on any atom is -0.325 e. The molecule has 2 aromatic carbocycles. The summed E-state index contributed by atoms with van der Waals surface area (Å²) in [5.74, 6) is -0.540. The molecule has 0 bridgehead atoms. The Morgan fingerprint density at radius 2 is 1.79 bits per heavy atom. The molecule has 0 spiro atoms. The highest BCUT2D eigenvalue weighted by atomic mass is 16.6. The van der Waals surface area contributed by atoms with Gasteiger partial charge in [0.15, 0.2) is 0 Å². The van der Waals surface area contributed by atoms with Crippen molar-refractivity contribution in [2.75, 3.05) is 30.3 Å². The van der Waals surface area contributed by atoms with E-state index in [1.807, 2.05) is 25.7 Å². The Kier molecular flexibility index (Phi) is 7.22. The quantitative estimate of drug-likeness (QED) is 0.536. The second-order valence-electron chi connectivity index (χ2n) is 6.30. The molecule has 0 aliphatic carbocycles. The Labute approximate surface area is 163 Å². The van der Waals surface area contributed by atoms with E-state index in [1.54, 1.807) is 18.2 Å². The van der Waals surface area contributed by atoms with Crippen LogP contribution in [0.5, 0.6) is 0 Å². The van der Waals surface area contributed by atoms with Gasteiger partial charge in [-0.05, 0) is 49.8 Å². The summed E-state index contributed by atoms with van der Waals surface area (Å²) >= 11 is 0. The maximum absolute atomic E-state index is 12.3. The molecule has 2 aromatic rings. The van der Waals surface area contributed by atoms with Gasteiger partial charge in [-0.1, -0.05) is 19.9 Å². The Morgan fingerprint density at radius 1 is 1.07 bits per heavy atom. The first kappa shape index (κ1) is 21.0. The van der Waals surface area contributed by atoms with Crippen LogP contribution in [0.1, 0.15) is 29.8 Å². The number of rotatable bonds is 8. The van der Waals surface area contributed by atoms with Crippen molar-refractivity contribution in [1.29, 1.82) is 0 Å². The molecule has 8 heteroatoms. The van der Waals surface area contributed by atoms with Crippen molar-refractivity contribution in [3.8, 4) is 0 Å². The molecule has 0 radical (unpaired) electrons. The Morgan fingerprint density at radius 3 is 2.39 bits per heavy atom. The van der Waals surface area contributed by atoms with Crippen molar-refractivity contribution < 1.29 is 14.5 Å². The van der Waals surface area contributed by atoms with Crippen LogP contribution in [-0.4, -0.2) is 41.3 Å². The normalized spacial score (nSPS) is 10.6. The van der Waals surface area contributed by atoms with Crippen molar-refractivity contribution in [3.05, 3.63) is 63.7 Å². The van der Waals surface area contributed by atoms with Crippen LogP contribution in [0, 0.1) is 17.0 Å². The molecular formula is C20H24N4O4. The minimum absolute atomic E-state index is 0.0971. The molecule has 0 atom stereocenters. The lowest BCUT2D eigenvalue weighted by Gasteiger charge is -2.18. The Hall–Kier alpha value is -3.26. The molecule has 0 saturated carbocycles. The number of amides is 2. The summed E-state index contributed by atoms with van der Waals surface area (Å²) in [6.45, 7) is 7.74. The number of hydrogen-bond donors (Lipinski definition) is 2. The van der Waals surface area contributed by atoms with E-state index in [9.17, 15) is 19.7 Å². The van der Waals surface area contributed by atoms with Gasteiger partial charge >= 0.3 is 0 Å². The van der Waals surface area contributed by atoms with Crippen LogP contribution in [0.3, 0.4) is 0 Å². The molecular weight excluding hydrogens is 360 g/mol. The van der Waals surface area contributed by atoms with E-state index in [0.29, 0.717) is 17.9 Å². The summed E-state index contributed by atoms with van der Waals surface area (Å²) in [5, 5.41) is 16.4. The van der Waals surface area contributed by atoms with Crippen molar-refractivity contribution in [2.24, 2.45) is 0 Å². The molecule has 0 aliphatic heterocycles. The molecule has 2 amide bonds. The molecule has 0 fully saturated rings. The predicted molar refractivity (Wildman–Crippen MR) is 109 cm³/mol. The number of carbonyl (C=O) groups excluding carboxylic acids is 2. The lowest BCUT2D eigenvalue weighted by atomic mass is 10.1. The average molecular weight is 384 g/mol. The van der Waals surface area contributed by atoms with E-state index in [-0.39, 0.29) is 17.2 Å². The third-order valence-electron chi connectivity index (χ3n) is 4.34. The van der Waals surface area contributed by atoms with E-state index < -0.39 is 10.8 Å². The summed E-state index contributed by atoms with van der Waals surface area (Å²) in [6.07, 6.45) is 0. The number of aryl methyl sites for hydroxylation is 1. The van der Waals surface area contributed by atoms with Gasteiger partial charge in [0.05, 0.1) is 11.5 Å². The zero-order valence-electron chi connectivity index (χ0n) is 16.2. The van der Waals surface area contributed by atoms with Gasteiger partial charge in [0, 0.05) is 29.1 Å². The Balaban J connectivity index is 2.05. The first-order chi connectivity index (χ1) is 13.3. The molecule has 0 aromatic heterocycles. The number of hydrogen-bond acceptors (Lipinski definition) is 5. The highest BCUT2D eigenvalue weighted by molar-refractivity contribution is 6.05. The fourth-order valence-electron chi connectivity index (χ4n) is 2.69. The van der Waals surface area contributed by atoms with E-state index in [2.05, 4.69) is 10.6 Å². The highest BCUT2D eigenvalue weighted by Crippen LogP contribution is 2.21. The topological polar surface area (TPSA) is 105 Å². The second-order valence-corrected chi connectivity index (χ2v) is 6.30. The number of nitro benzene ring substituents is 1. The molecule has 28 heavy (non-hydrogen) atoms. The number of carbonyl (C=O) groups is 2. The van der Waals surface area contributed by atoms with Gasteiger partial charge in [-0.3, -0.25) is 24.6 Å². The van der Waals surface area contributed by atoms with Gasteiger partial charge in [0.2, 0.25) is 5.91 Å². The Bertz CT molecular complexity index is 878. The molecule has 0 saturated heterocycles. The van der Waals surface area contributed by atoms with Crippen LogP contribution in [0.4, 0.5) is 17.1 Å². The fraction of sp³-hybridized carbons (Fsp3) is 0.300. The van der Waals surface area contributed by atoms with Crippen LogP contribution in [-0.2, 0) is 4.79 Å². The van der Waals surface area contributed by atoms with Crippen LogP contribution in [0.25, 0.3) is 0 Å². The number of likely N-dealkylation sites (N-methyl/N-ethyl adjacent to an activating group) is 1. The molecule has 0 aliphatic rings. The van der Waals surface area contributed by atoms with E-state index >= 15 is 0 Å². The molecule has 0 unspecified atom stereocenters. The lowest BCUT2D eigenvalue weighted by Crippen LogP contribution is -2.33. The van der Waals surface area contributed by atoms with Crippen molar-refractivity contribution in [1.82, 2.24) is 4.90 Å². The number of nitrogens with zero attached hydrogens (tertiary/aromatic N) is 2. The first-order valence-electron chi connectivity index (χ1n) is 9.02. The smallest absolute Gasteiger partial charge is 0.270 e. The number of nitrogens with one attached hydrogen (secondary N) is 2. The van der Waals surface area contributed by atoms with E-state index in [4.69, 9.17) is 0 Å². The van der Waals surface area contributed by atoms with Crippen molar-refractivity contribution in [3.63, 3.8) is 0 Å². The zero-order valence-corrected chi connectivity index (χ0v) is 16.2. The summed E-state index contributed by atoms with van der Waals surface area (Å²) in [6, 6.07) is 10.7. The third kappa shape index (κ3) is 5.62. The number of non-ortho nitro benzene ring substituents is 1. The summed E-state index contributed by atoms with van der Waals surface area (Å²) in [4.78, 5) is 36.8. The number of benzene rings is 2. The van der Waals surface area contributed by atoms with Crippen LogP contribution in [0.15, 0.2) is 42.5 Å². The van der Waals surface area contributed by atoms with Gasteiger partial charge in [-0.15, -0.1) is 0 Å². The average Bonchev–Trinajstić information content (AvgIpc) is 2.68. The summed E-state index contributed by atoms with van der Waals surface area (Å²) in [7, 11) is 0. The third-order valence-corrected chi connectivity index (χ3v) is 4.34.